The number of nitrogens with one attached hydrogen (secondary N) is 2. The topological polar surface area (TPSA) is 117 Å². The molecule has 0 bridgehead atoms. The predicted octanol–water partition coefficient (Wildman–Crippen LogP) is 1.92. The van der Waals surface area contributed by atoms with Gasteiger partial charge in [-0.25, -0.2) is 4.79 Å². The molecule has 0 aliphatic carbocycles. The lowest BCUT2D eigenvalue weighted by molar-refractivity contribution is -0.116. The summed E-state index contributed by atoms with van der Waals surface area (Å²) in [6.07, 6.45) is 1.06. The van der Waals surface area contributed by atoms with E-state index in [4.69, 9.17) is 0 Å². The quantitative estimate of drug-likeness (QED) is 0.425. The Bertz CT molecular complexity index is 1400. The number of hydrogen-bond donors (Lipinski definition) is 2. The van der Waals surface area contributed by atoms with Gasteiger partial charge in [-0.2, -0.15) is 0 Å². The van der Waals surface area contributed by atoms with E-state index in [1.54, 1.807) is 0 Å². The van der Waals surface area contributed by atoms with E-state index in [1.807, 2.05) is 64.1 Å². The Balaban J connectivity index is 1.41. The molecule has 5 rings (SSSR count). The second-order valence-corrected chi connectivity index (χ2v) is 8.51. The highest BCUT2D eigenvalue weighted by atomic mass is 32.2. The number of thioether (sulfide) groups is 1. The summed E-state index contributed by atoms with van der Waals surface area (Å²) in [6, 6.07) is 18.8. The molecule has 0 fully saturated rings. The van der Waals surface area contributed by atoms with Crippen LogP contribution in [0.25, 0.3) is 5.69 Å². The standard InChI is InChI=1S/C23H20N6O3S/c30-20-13-16(24-22(32)25-20)12-19-26-27-23(29(19)17-7-2-1-3-8-17)33-14-21(31)28-11-10-15-6-4-5-9-18(15)28/h1-9,13H,10-12,14H2,(H2,24,25,30,32). The molecule has 1 aliphatic rings. The number of carbonyl (C=O) groups excluding carboxylic acids is 1. The molecule has 0 radical (unpaired) electrons. The van der Waals surface area contributed by atoms with E-state index in [0.29, 0.717) is 23.2 Å². The molecular formula is C23H20N6O3S. The van der Waals surface area contributed by atoms with Gasteiger partial charge in [0.1, 0.15) is 5.82 Å². The fourth-order valence-electron chi connectivity index (χ4n) is 3.93. The van der Waals surface area contributed by atoms with Gasteiger partial charge in [0.05, 0.1) is 5.75 Å². The number of para-hydroxylation sites is 2. The molecule has 1 amide bonds. The smallest absolute Gasteiger partial charge is 0.311 e. The largest absolute Gasteiger partial charge is 0.325 e. The van der Waals surface area contributed by atoms with Crippen LogP contribution >= 0.6 is 11.8 Å². The fraction of sp³-hybridized carbons (Fsp3) is 0.174. The zero-order chi connectivity index (χ0) is 22.8. The number of benzene rings is 2. The highest BCUT2D eigenvalue weighted by molar-refractivity contribution is 7.99. The Morgan fingerprint density at radius 1 is 1.00 bits per heavy atom. The first kappa shape index (κ1) is 21.0. The van der Waals surface area contributed by atoms with Gasteiger partial charge < -0.3 is 9.88 Å². The van der Waals surface area contributed by atoms with Crippen LogP contribution in [-0.4, -0.2) is 42.9 Å². The molecule has 1 aliphatic heterocycles. The molecule has 0 unspecified atom stereocenters. The number of carbonyl (C=O) groups is 1. The molecule has 0 saturated carbocycles. The summed E-state index contributed by atoms with van der Waals surface area (Å²) in [7, 11) is 0. The second-order valence-electron chi connectivity index (χ2n) is 7.57. The Morgan fingerprint density at radius 3 is 2.61 bits per heavy atom. The van der Waals surface area contributed by atoms with E-state index in [1.165, 1.54) is 23.4 Å². The average Bonchev–Trinajstić information content (AvgIpc) is 3.41. The third-order valence-corrected chi connectivity index (χ3v) is 6.31. The lowest BCUT2D eigenvalue weighted by atomic mass is 10.2. The first-order chi connectivity index (χ1) is 16.1. The van der Waals surface area contributed by atoms with Gasteiger partial charge in [0.15, 0.2) is 5.16 Å². The van der Waals surface area contributed by atoms with Crippen molar-refractivity contribution in [3.8, 4) is 5.69 Å². The third-order valence-electron chi connectivity index (χ3n) is 5.39. The van der Waals surface area contributed by atoms with Crippen LogP contribution in [0.1, 0.15) is 17.1 Å². The SMILES string of the molecule is O=C(CSc1nnc(Cc2cc(=O)[nH]c(=O)[nH]2)n1-c1ccccc1)N1CCc2ccccc21. The van der Waals surface area contributed by atoms with E-state index in [-0.39, 0.29) is 18.1 Å². The Labute approximate surface area is 192 Å². The van der Waals surface area contributed by atoms with Gasteiger partial charge in [0, 0.05) is 36.1 Å². The molecule has 33 heavy (non-hydrogen) atoms. The number of nitrogens with zero attached hydrogens (tertiary/aromatic N) is 4. The summed E-state index contributed by atoms with van der Waals surface area (Å²) in [6.45, 7) is 0.672. The van der Waals surface area contributed by atoms with Crippen molar-refractivity contribution in [2.24, 2.45) is 0 Å². The van der Waals surface area contributed by atoms with Crippen LogP contribution in [-0.2, 0) is 17.6 Å². The maximum atomic E-state index is 13.0. The molecule has 2 N–H and O–H groups in total. The van der Waals surface area contributed by atoms with Crippen molar-refractivity contribution in [1.82, 2.24) is 24.7 Å². The normalized spacial score (nSPS) is 12.7. The molecule has 10 heteroatoms. The van der Waals surface area contributed by atoms with Crippen molar-refractivity contribution in [2.45, 2.75) is 18.0 Å². The molecule has 0 saturated heterocycles. The number of fused-ring (bicyclic) bond motifs is 1. The van der Waals surface area contributed by atoms with Crippen LogP contribution in [0.3, 0.4) is 0 Å². The minimum Gasteiger partial charge on any atom is -0.311 e. The molecule has 9 nitrogen and oxygen atoms in total. The summed E-state index contributed by atoms with van der Waals surface area (Å²) in [5.74, 6) is 0.762. The summed E-state index contributed by atoms with van der Waals surface area (Å²) >= 11 is 1.31. The van der Waals surface area contributed by atoms with E-state index in [2.05, 4.69) is 20.2 Å². The fourth-order valence-corrected chi connectivity index (χ4v) is 4.78. The van der Waals surface area contributed by atoms with E-state index in [0.717, 1.165) is 17.8 Å². The van der Waals surface area contributed by atoms with Gasteiger partial charge in [-0.05, 0) is 30.2 Å². The second kappa shape index (κ2) is 8.91. The van der Waals surface area contributed by atoms with Gasteiger partial charge >= 0.3 is 5.69 Å². The summed E-state index contributed by atoms with van der Waals surface area (Å²) in [5, 5.41) is 9.15. The van der Waals surface area contributed by atoms with Crippen LogP contribution in [0.2, 0.25) is 0 Å². The zero-order valence-electron chi connectivity index (χ0n) is 17.5. The van der Waals surface area contributed by atoms with Crippen LogP contribution in [0.5, 0.6) is 0 Å². The van der Waals surface area contributed by atoms with Crippen molar-refractivity contribution in [3.63, 3.8) is 0 Å². The lowest BCUT2D eigenvalue weighted by Gasteiger charge is -2.17. The number of anilines is 1. The van der Waals surface area contributed by atoms with E-state index >= 15 is 0 Å². The molecule has 0 atom stereocenters. The number of aromatic nitrogens is 5. The maximum absolute atomic E-state index is 13.0. The van der Waals surface area contributed by atoms with Crippen molar-refractivity contribution in [2.75, 3.05) is 17.2 Å². The predicted molar refractivity (Wildman–Crippen MR) is 125 cm³/mol. The summed E-state index contributed by atoms with van der Waals surface area (Å²) < 4.78 is 1.84. The van der Waals surface area contributed by atoms with Gasteiger partial charge in [-0.15, -0.1) is 10.2 Å². The van der Waals surface area contributed by atoms with Gasteiger partial charge in [-0.3, -0.25) is 19.1 Å². The monoisotopic (exact) mass is 460 g/mol. The molecule has 166 valence electrons. The summed E-state index contributed by atoms with van der Waals surface area (Å²) in [5.41, 5.74) is 2.34. The lowest BCUT2D eigenvalue weighted by Crippen LogP contribution is -2.30. The van der Waals surface area contributed by atoms with E-state index < -0.39 is 11.2 Å². The first-order valence-electron chi connectivity index (χ1n) is 10.4. The molecule has 3 heterocycles. The van der Waals surface area contributed by atoms with Gasteiger partial charge in [0.2, 0.25) is 5.91 Å². The summed E-state index contributed by atoms with van der Waals surface area (Å²) in [4.78, 5) is 42.9. The van der Waals surface area contributed by atoms with Crippen molar-refractivity contribution in [1.29, 1.82) is 0 Å². The highest BCUT2D eigenvalue weighted by Gasteiger charge is 2.25. The number of aromatic amines is 2. The highest BCUT2D eigenvalue weighted by Crippen LogP contribution is 2.29. The molecule has 2 aromatic heterocycles. The molecule has 2 aromatic carbocycles. The van der Waals surface area contributed by atoms with Crippen molar-refractivity contribution < 1.29 is 4.79 Å². The average molecular weight is 461 g/mol. The number of H-pyrrole nitrogens is 2. The van der Waals surface area contributed by atoms with Gasteiger partial charge in [-0.1, -0.05) is 48.2 Å². The maximum Gasteiger partial charge on any atom is 0.325 e. The van der Waals surface area contributed by atoms with Crippen molar-refractivity contribution >= 4 is 23.4 Å². The van der Waals surface area contributed by atoms with Gasteiger partial charge in [0.25, 0.3) is 5.56 Å². The Hall–Kier alpha value is -3.92. The van der Waals surface area contributed by atoms with Crippen LogP contribution in [0, 0.1) is 0 Å². The Morgan fingerprint density at radius 2 is 1.79 bits per heavy atom. The number of rotatable bonds is 6. The van der Waals surface area contributed by atoms with E-state index in [9.17, 15) is 14.4 Å². The molecule has 0 spiro atoms. The number of hydrogen-bond acceptors (Lipinski definition) is 6. The van der Waals surface area contributed by atoms with Crippen LogP contribution in [0.15, 0.2) is 75.4 Å². The minimum absolute atomic E-state index is 0.00744. The minimum atomic E-state index is -0.575. The van der Waals surface area contributed by atoms with Crippen molar-refractivity contribution in [3.05, 3.63) is 98.6 Å². The molecule has 4 aromatic rings. The Kier molecular flexibility index (Phi) is 5.66. The van der Waals surface area contributed by atoms with Crippen LogP contribution in [0.4, 0.5) is 5.69 Å². The number of amides is 1. The first-order valence-corrected chi connectivity index (χ1v) is 11.4. The third kappa shape index (κ3) is 4.37. The molecular weight excluding hydrogens is 440 g/mol. The van der Waals surface area contributed by atoms with Crippen LogP contribution < -0.4 is 16.1 Å². The zero-order valence-corrected chi connectivity index (χ0v) is 18.3.